The summed E-state index contributed by atoms with van der Waals surface area (Å²) in [5, 5.41) is 10.7. The number of benzene rings is 2. The van der Waals surface area contributed by atoms with E-state index in [1.807, 2.05) is 54.6 Å². The van der Waals surface area contributed by atoms with Crippen LogP contribution in [0, 0.1) is 5.41 Å². The van der Waals surface area contributed by atoms with Crippen LogP contribution in [0.15, 0.2) is 54.6 Å². The quantitative estimate of drug-likeness (QED) is 0.442. The Morgan fingerprint density at radius 1 is 1.11 bits per heavy atom. The topological polar surface area (TPSA) is 97.4 Å². The van der Waals surface area contributed by atoms with Crippen LogP contribution >= 0.6 is 11.3 Å². The summed E-state index contributed by atoms with van der Waals surface area (Å²) in [6.07, 6.45) is 0.252. The average molecular weight is 393 g/mol. The number of carbonyl (C=O) groups excluding carboxylic acids is 1. The van der Waals surface area contributed by atoms with Gasteiger partial charge in [0.05, 0.1) is 17.8 Å². The van der Waals surface area contributed by atoms with Crippen LogP contribution in [-0.2, 0) is 17.8 Å². The van der Waals surface area contributed by atoms with Gasteiger partial charge in [-0.3, -0.25) is 10.2 Å². The molecule has 0 radical (unpaired) electrons. The van der Waals surface area contributed by atoms with E-state index in [0.29, 0.717) is 22.9 Å². The molecule has 28 heavy (non-hydrogen) atoms. The largest absolute Gasteiger partial charge is 0.454 e. The van der Waals surface area contributed by atoms with Crippen LogP contribution in [0.3, 0.4) is 0 Å². The SMILES string of the molecule is N=C(N)c1cc(-c2ccccc2)c(CNC(=O)Cc2ccc3c(c2)OCO3)s1. The van der Waals surface area contributed by atoms with Crippen LogP contribution in [-0.4, -0.2) is 18.5 Å². The fraction of sp³-hybridized carbons (Fsp3) is 0.143. The highest BCUT2D eigenvalue weighted by atomic mass is 32.1. The third-order valence-corrected chi connectivity index (χ3v) is 5.58. The third-order valence-electron chi connectivity index (χ3n) is 4.41. The highest BCUT2D eigenvalue weighted by Crippen LogP contribution is 2.33. The molecule has 3 aromatic rings. The summed E-state index contributed by atoms with van der Waals surface area (Å²) in [6, 6.07) is 17.3. The lowest BCUT2D eigenvalue weighted by atomic mass is 10.1. The van der Waals surface area contributed by atoms with E-state index in [1.54, 1.807) is 0 Å². The first kappa shape index (κ1) is 18.1. The lowest BCUT2D eigenvalue weighted by Crippen LogP contribution is -2.24. The van der Waals surface area contributed by atoms with Crippen LogP contribution in [0.5, 0.6) is 11.5 Å². The Bertz CT molecular complexity index is 1030. The molecule has 1 aliphatic heterocycles. The third kappa shape index (κ3) is 3.84. The predicted molar refractivity (Wildman–Crippen MR) is 109 cm³/mol. The van der Waals surface area contributed by atoms with Crippen molar-refractivity contribution < 1.29 is 14.3 Å². The molecule has 7 heteroatoms. The minimum Gasteiger partial charge on any atom is -0.454 e. The second-order valence-electron chi connectivity index (χ2n) is 6.37. The second-order valence-corrected chi connectivity index (χ2v) is 7.51. The van der Waals surface area contributed by atoms with Crippen molar-refractivity contribution in [3.8, 4) is 22.6 Å². The molecule has 0 spiro atoms. The van der Waals surface area contributed by atoms with Gasteiger partial charge in [-0.1, -0.05) is 36.4 Å². The van der Waals surface area contributed by atoms with Crippen LogP contribution in [0.2, 0.25) is 0 Å². The Morgan fingerprint density at radius 2 is 1.89 bits per heavy atom. The summed E-state index contributed by atoms with van der Waals surface area (Å²) in [6.45, 7) is 0.593. The predicted octanol–water partition coefficient (Wildman–Crippen LogP) is 3.29. The first-order chi connectivity index (χ1) is 13.6. The second kappa shape index (κ2) is 7.74. The molecule has 0 bridgehead atoms. The number of rotatable bonds is 6. The molecule has 0 saturated heterocycles. The maximum absolute atomic E-state index is 12.4. The van der Waals surface area contributed by atoms with Crippen LogP contribution in [0.4, 0.5) is 0 Å². The number of ether oxygens (including phenoxy) is 2. The Morgan fingerprint density at radius 3 is 2.68 bits per heavy atom. The Hall–Kier alpha value is -3.32. The molecular formula is C21H19N3O3S. The lowest BCUT2D eigenvalue weighted by Gasteiger charge is -2.07. The summed E-state index contributed by atoms with van der Waals surface area (Å²) < 4.78 is 10.6. The van der Waals surface area contributed by atoms with E-state index in [9.17, 15) is 4.79 Å². The van der Waals surface area contributed by atoms with Crippen molar-refractivity contribution in [1.82, 2.24) is 5.32 Å². The number of fused-ring (bicyclic) bond motifs is 1. The summed E-state index contributed by atoms with van der Waals surface area (Å²) in [4.78, 5) is 14.1. The van der Waals surface area contributed by atoms with Gasteiger partial charge in [0, 0.05) is 4.88 Å². The summed E-state index contributed by atoms with van der Waals surface area (Å²) in [7, 11) is 0. The molecule has 0 aliphatic carbocycles. The van der Waals surface area contributed by atoms with Crippen molar-refractivity contribution >= 4 is 23.1 Å². The number of nitrogens with one attached hydrogen (secondary N) is 2. The minimum absolute atomic E-state index is 0.0279. The van der Waals surface area contributed by atoms with Gasteiger partial charge in [-0.25, -0.2) is 0 Å². The Kier molecular flexibility index (Phi) is 4.99. The van der Waals surface area contributed by atoms with Gasteiger partial charge in [0.2, 0.25) is 12.7 Å². The number of hydrogen-bond donors (Lipinski definition) is 3. The van der Waals surface area contributed by atoms with Gasteiger partial charge in [0.1, 0.15) is 5.84 Å². The number of nitrogen functional groups attached to an aromatic ring is 1. The van der Waals surface area contributed by atoms with Gasteiger partial charge in [0.15, 0.2) is 11.5 Å². The summed E-state index contributed by atoms with van der Waals surface area (Å²) >= 11 is 1.43. The summed E-state index contributed by atoms with van der Waals surface area (Å²) in [5.74, 6) is 1.31. The first-order valence-corrected chi connectivity index (χ1v) is 9.59. The molecule has 4 rings (SSSR count). The van der Waals surface area contributed by atoms with Crippen molar-refractivity contribution in [3.05, 3.63) is 69.9 Å². The lowest BCUT2D eigenvalue weighted by molar-refractivity contribution is -0.120. The van der Waals surface area contributed by atoms with Gasteiger partial charge < -0.3 is 20.5 Å². The molecule has 2 heterocycles. The number of hydrogen-bond acceptors (Lipinski definition) is 5. The fourth-order valence-electron chi connectivity index (χ4n) is 3.03. The molecule has 6 nitrogen and oxygen atoms in total. The normalized spacial score (nSPS) is 12.0. The zero-order valence-corrected chi connectivity index (χ0v) is 15.8. The smallest absolute Gasteiger partial charge is 0.231 e. The van der Waals surface area contributed by atoms with E-state index >= 15 is 0 Å². The molecule has 0 unspecified atom stereocenters. The van der Waals surface area contributed by atoms with Gasteiger partial charge in [-0.15, -0.1) is 11.3 Å². The zero-order chi connectivity index (χ0) is 19.5. The van der Waals surface area contributed by atoms with Gasteiger partial charge >= 0.3 is 0 Å². The van der Waals surface area contributed by atoms with E-state index in [0.717, 1.165) is 21.6 Å². The number of thiophene rings is 1. The minimum atomic E-state index is -0.0874. The molecule has 2 aromatic carbocycles. The molecule has 142 valence electrons. The monoisotopic (exact) mass is 393 g/mol. The maximum Gasteiger partial charge on any atom is 0.231 e. The van der Waals surface area contributed by atoms with E-state index in [-0.39, 0.29) is 25.0 Å². The highest BCUT2D eigenvalue weighted by molar-refractivity contribution is 7.14. The van der Waals surface area contributed by atoms with Crippen molar-refractivity contribution in [2.75, 3.05) is 6.79 Å². The molecule has 0 saturated carbocycles. The molecule has 1 amide bonds. The van der Waals surface area contributed by atoms with Crippen LogP contribution < -0.4 is 20.5 Å². The maximum atomic E-state index is 12.4. The summed E-state index contributed by atoms with van der Waals surface area (Å²) in [5.41, 5.74) is 8.54. The average Bonchev–Trinajstić information content (AvgIpc) is 3.33. The fourth-order valence-corrected chi connectivity index (χ4v) is 4.02. The van der Waals surface area contributed by atoms with Crippen LogP contribution in [0.1, 0.15) is 15.3 Å². The van der Waals surface area contributed by atoms with E-state index in [4.69, 9.17) is 20.6 Å². The number of nitrogens with two attached hydrogens (primary N) is 1. The van der Waals surface area contributed by atoms with Crippen molar-refractivity contribution in [2.45, 2.75) is 13.0 Å². The van der Waals surface area contributed by atoms with Crippen molar-refractivity contribution in [2.24, 2.45) is 5.73 Å². The van der Waals surface area contributed by atoms with E-state index in [2.05, 4.69) is 5.32 Å². The molecule has 0 fully saturated rings. The molecule has 1 aromatic heterocycles. The zero-order valence-electron chi connectivity index (χ0n) is 15.0. The first-order valence-electron chi connectivity index (χ1n) is 8.78. The van der Waals surface area contributed by atoms with Crippen molar-refractivity contribution in [1.29, 1.82) is 5.41 Å². The molecule has 1 aliphatic rings. The van der Waals surface area contributed by atoms with Crippen LogP contribution in [0.25, 0.3) is 11.1 Å². The van der Waals surface area contributed by atoms with Gasteiger partial charge in [-0.2, -0.15) is 0 Å². The molecular weight excluding hydrogens is 374 g/mol. The molecule has 0 atom stereocenters. The highest BCUT2D eigenvalue weighted by Gasteiger charge is 2.16. The van der Waals surface area contributed by atoms with E-state index < -0.39 is 0 Å². The van der Waals surface area contributed by atoms with E-state index in [1.165, 1.54) is 11.3 Å². The van der Waals surface area contributed by atoms with Crippen molar-refractivity contribution in [3.63, 3.8) is 0 Å². The Balaban J connectivity index is 1.47. The van der Waals surface area contributed by atoms with Gasteiger partial charge in [0.25, 0.3) is 0 Å². The van der Waals surface area contributed by atoms with Gasteiger partial charge in [-0.05, 0) is 34.9 Å². The Labute approximate surface area is 166 Å². The number of amidine groups is 1. The number of amides is 1. The number of carbonyl (C=O) groups is 1. The standard InChI is InChI=1S/C21H19N3O3S/c22-21(23)18-10-15(14-4-2-1-3-5-14)19(28-18)11-24-20(25)9-13-6-7-16-17(8-13)27-12-26-16/h1-8,10H,9,11-12H2,(H3,22,23)(H,24,25). The molecule has 4 N–H and O–H groups in total.